The van der Waals surface area contributed by atoms with Gasteiger partial charge in [0.2, 0.25) is 0 Å². The average molecular weight is 464 g/mol. The predicted octanol–water partition coefficient (Wildman–Crippen LogP) is 3.56. The van der Waals surface area contributed by atoms with Crippen molar-refractivity contribution in [2.75, 3.05) is 25.0 Å². The van der Waals surface area contributed by atoms with Gasteiger partial charge in [0, 0.05) is 50.3 Å². The van der Waals surface area contributed by atoms with Crippen LogP contribution in [0.15, 0.2) is 48.8 Å². The third kappa shape index (κ3) is 4.87. The van der Waals surface area contributed by atoms with Crippen molar-refractivity contribution in [1.82, 2.24) is 29.5 Å². The highest BCUT2D eigenvalue weighted by molar-refractivity contribution is 5.89. The molecule has 1 fully saturated rings. The van der Waals surface area contributed by atoms with Gasteiger partial charge in [-0.25, -0.2) is 9.78 Å². The van der Waals surface area contributed by atoms with Crippen molar-refractivity contribution >= 4 is 36.5 Å². The maximum atomic E-state index is 12.5. The number of carbonyl (C=O) groups excluding carboxylic acids is 1. The van der Waals surface area contributed by atoms with E-state index in [0.29, 0.717) is 6.04 Å². The SMILES string of the molecule is Cl.Cl.O=C(Nc1ccccc1)N1CCC(n2ccnc2-c2cc3n(n2)CCNC3)CC1. The van der Waals surface area contributed by atoms with Crippen LogP contribution in [0.2, 0.25) is 0 Å². The molecule has 166 valence electrons. The Kier molecular flexibility index (Phi) is 7.59. The van der Waals surface area contributed by atoms with E-state index in [-0.39, 0.29) is 30.8 Å². The van der Waals surface area contributed by atoms with E-state index >= 15 is 0 Å². The summed E-state index contributed by atoms with van der Waals surface area (Å²) in [6.45, 7) is 4.15. The molecule has 2 amide bonds. The zero-order valence-electron chi connectivity index (χ0n) is 17.1. The van der Waals surface area contributed by atoms with E-state index < -0.39 is 0 Å². The predicted molar refractivity (Wildman–Crippen MR) is 125 cm³/mol. The van der Waals surface area contributed by atoms with Gasteiger partial charge in [-0.1, -0.05) is 18.2 Å². The zero-order chi connectivity index (χ0) is 19.6. The molecule has 2 aliphatic rings. The van der Waals surface area contributed by atoms with Crippen molar-refractivity contribution in [3.05, 3.63) is 54.5 Å². The topological polar surface area (TPSA) is 80.0 Å². The van der Waals surface area contributed by atoms with Crippen molar-refractivity contribution in [3.8, 4) is 11.5 Å². The Morgan fingerprint density at radius 2 is 1.87 bits per heavy atom. The first kappa shape index (κ1) is 23.1. The summed E-state index contributed by atoms with van der Waals surface area (Å²) in [5.41, 5.74) is 2.96. The highest BCUT2D eigenvalue weighted by atomic mass is 35.5. The molecule has 31 heavy (non-hydrogen) atoms. The van der Waals surface area contributed by atoms with Crippen molar-refractivity contribution < 1.29 is 4.79 Å². The van der Waals surface area contributed by atoms with Crippen LogP contribution >= 0.6 is 24.8 Å². The Labute approximate surface area is 193 Å². The number of aromatic nitrogens is 4. The lowest BCUT2D eigenvalue weighted by Gasteiger charge is -2.33. The summed E-state index contributed by atoms with van der Waals surface area (Å²) < 4.78 is 4.30. The van der Waals surface area contributed by atoms with Crippen LogP contribution in [-0.2, 0) is 13.1 Å². The molecule has 5 rings (SSSR count). The van der Waals surface area contributed by atoms with Gasteiger partial charge in [-0.05, 0) is 31.0 Å². The molecule has 0 spiro atoms. The minimum absolute atomic E-state index is 0. The molecule has 1 saturated heterocycles. The van der Waals surface area contributed by atoms with Crippen LogP contribution in [0, 0.1) is 0 Å². The molecule has 3 aromatic rings. The molecule has 2 aromatic heterocycles. The lowest BCUT2D eigenvalue weighted by atomic mass is 10.0. The van der Waals surface area contributed by atoms with E-state index in [1.165, 1.54) is 5.69 Å². The van der Waals surface area contributed by atoms with Gasteiger partial charge in [-0.3, -0.25) is 4.68 Å². The smallest absolute Gasteiger partial charge is 0.321 e. The van der Waals surface area contributed by atoms with Gasteiger partial charge in [-0.15, -0.1) is 24.8 Å². The van der Waals surface area contributed by atoms with Gasteiger partial charge in [0.25, 0.3) is 0 Å². The van der Waals surface area contributed by atoms with Gasteiger partial charge >= 0.3 is 6.03 Å². The van der Waals surface area contributed by atoms with Crippen molar-refractivity contribution in [2.45, 2.75) is 32.0 Å². The summed E-state index contributed by atoms with van der Waals surface area (Å²) in [7, 11) is 0. The fraction of sp³-hybridized carbons (Fsp3) is 0.381. The number of fused-ring (bicyclic) bond motifs is 1. The number of nitrogens with zero attached hydrogens (tertiary/aromatic N) is 5. The van der Waals surface area contributed by atoms with E-state index in [1.807, 2.05) is 47.6 Å². The maximum Gasteiger partial charge on any atom is 0.321 e. The number of carbonyl (C=O) groups is 1. The second-order valence-electron chi connectivity index (χ2n) is 7.59. The highest BCUT2D eigenvalue weighted by Gasteiger charge is 2.26. The van der Waals surface area contributed by atoms with Gasteiger partial charge in [-0.2, -0.15) is 5.10 Å². The van der Waals surface area contributed by atoms with Crippen LogP contribution in [-0.4, -0.2) is 49.9 Å². The number of nitrogens with one attached hydrogen (secondary N) is 2. The number of para-hydroxylation sites is 1. The van der Waals surface area contributed by atoms with Crippen LogP contribution in [0.3, 0.4) is 0 Å². The molecule has 0 aliphatic carbocycles. The number of halogens is 2. The summed E-state index contributed by atoms with van der Waals surface area (Å²) in [5.74, 6) is 0.916. The maximum absolute atomic E-state index is 12.5. The fourth-order valence-electron chi connectivity index (χ4n) is 4.18. The number of hydrogen-bond acceptors (Lipinski definition) is 4. The van der Waals surface area contributed by atoms with Gasteiger partial charge in [0.1, 0.15) is 5.69 Å². The number of benzene rings is 1. The van der Waals surface area contributed by atoms with E-state index in [2.05, 4.69) is 30.9 Å². The van der Waals surface area contributed by atoms with E-state index in [1.54, 1.807) is 0 Å². The molecule has 8 nitrogen and oxygen atoms in total. The second kappa shape index (κ2) is 10.2. The summed E-state index contributed by atoms with van der Waals surface area (Å²) in [5, 5.41) is 11.1. The first-order valence-electron chi connectivity index (χ1n) is 10.2. The number of urea groups is 1. The Morgan fingerprint density at radius 3 is 2.61 bits per heavy atom. The number of rotatable bonds is 3. The molecule has 0 saturated carbocycles. The molecule has 1 aromatic carbocycles. The average Bonchev–Trinajstić information content (AvgIpc) is 3.41. The molecule has 10 heteroatoms. The minimum Gasteiger partial charge on any atom is -0.326 e. The number of hydrogen-bond donors (Lipinski definition) is 2. The summed E-state index contributed by atoms with van der Waals surface area (Å²) >= 11 is 0. The number of imidazole rings is 1. The van der Waals surface area contributed by atoms with Crippen LogP contribution < -0.4 is 10.6 Å². The molecule has 0 radical (unpaired) electrons. The summed E-state index contributed by atoms with van der Waals surface area (Å²) in [6.07, 6.45) is 5.69. The fourth-order valence-corrected chi connectivity index (χ4v) is 4.18. The molecule has 0 unspecified atom stereocenters. The van der Waals surface area contributed by atoms with Crippen LogP contribution in [0.25, 0.3) is 11.5 Å². The van der Waals surface area contributed by atoms with Gasteiger partial charge < -0.3 is 20.1 Å². The number of amides is 2. The largest absolute Gasteiger partial charge is 0.326 e. The lowest BCUT2D eigenvalue weighted by Crippen LogP contribution is -2.41. The number of likely N-dealkylation sites (tertiary alicyclic amines) is 1. The zero-order valence-corrected chi connectivity index (χ0v) is 18.7. The standard InChI is InChI=1S/C21H25N7O.2ClH/c29-21(24-16-4-2-1-3-5-16)26-10-6-17(7-11-26)27-12-9-23-20(27)19-14-18-15-22-8-13-28(18)25-19;;/h1-5,9,12,14,17,22H,6-8,10-11,13,15H2,(H,24,29);2*1H. The number of anilines is 1. The van der Waals surface area contributed by atoms with E-state index in [9.17, 15) is 4.79 Å². The van der Waals surface area contributed by atoms with E-state index in [4.69, 9.17) is 5.10 Å². The Morgan fingerprint density at radius 1 is 1.10 bits per heavy atom. The van der Waals surface area contributed by atoms with Gasteiger partial charge in [0.05, 0.1) is 12.2 Å². The molecular weight excluding hydrogens is 437 g/mol. The molecule has 2 N–H and O–H groups in total. The third-order valence-corrected chi connectivity index (χ3v) is 5.74. The Balaban J connectivity index is 0.00000136. The monoisotopic (exact) mass is 463 g/mol. The summed E-state index contributed by atoms with van der Waals surface area (Å²) in [4.78, 5) is 19.0. The first-order chi connectivity index (χ1) is 14.3. The van der Waals surface area contributed by atoms with Crippen LogP contribution in [0.4, 0.5) is 10.5 Å². The van der Waals surface area contributed by atoms with Crippen LogP contribution in [0.5, 0.6) is 0 Å². The quantitative estimate of drug-likeness (QED) is 0.621. The summed E-state index contributed by atoms with van der Waals surface area (Å²) in [6, 6.07) is 12.0. The van der Waals surface area contributed by atoms with Gasteiger partial charge in [0.15, 0.2) is 5.82 Å². The van der Waals surface area contributed by atoms with Crippen LogP contribution in [0.1, 0.15) is 24.6 Å². The molecule has 4 heterocycles. The lowest BCUT2D eigenvalue weighted by molar-refractivity contribution is 0.184. The first-order valence-corrected chi connectivity index (χ1v) is 10.2. The minimum atomic E-state index is -0.0326. The molecule has 0 atom stereocenters. The number of piperidine rings is 1. The van der Waals surface area contributed by atoms with E-state index in [0.717, 1.165) is 62.8 Å². The highest BCUT2D eigenvalue weighted by Crippen LogP contribution is 2.28. The molecule has 0 bridgehead atoms. The Hall–Kier alpha value is -2.55. The molecular formula is C21H27Cl2N7O. The third-order valence-electron chi connectivity index (χ3n) is 5.74. The second-order valence-corrected chi connectivity index (χ2v) is 7.59. The molecule has 2 aliphatic heterocycles. The van der Waals surface area contributed by atoms with Crippen molar-refractivity contribution in [2.24, 2.45) is 0 Å². The van der Waals surface area contributed by atoms with Crippen molar-refractivity contribution in [1.29, 1.82) is 0 Å². The van der Waals surface area contributed by atoms with Crippen molar-refractivity contribution in [3.63, 3.8) is 0 Å². The Bertz CT molecular complexity index is 973. The normalized spacial score (nSPS) is 16.1.